The smallest absolute Gasteiger partial charge is 0.0674 e. The molecule has 2 rings (SSSR count). The number of para-hydroxylation sites is 1. The summed E-state index contributed by atoms with van der Waals surface area (Å²) in [5, 5.41) is 11.4. The van der Waals surface area contributed by atoms with Gasteiger partial charge in [0, 0.05) is 38.8 Å². The summed E-state index contributed by atoms with van der Waals surface area (Å²) in [6.07, 6.45) is 3.03. The SMILES string of the molecule is CC(N)CC(C)(O)Cc1c[n-]c2ccccc12.[Y]. The number of hydrogen-bond donors (Lipinski definition) is 2. The van der Waals surface area contributed by atoms with Gasteiger partial charge < -0.3 is 15.8 Å². The molecule has 0 saturated carbocycles. The molecule has 1 aromatic carbocycles. The van der Waals surface area contributed by atoms with E-state index in [1.807, 2.05) is 44.3 Å². The molecule has 95 valence electrons. The Hall–Kier alpha value is -0.216. The monoisotopic (exact) mass is 320 g/mol. The van der Waals surface area contributed by atoms with Gasteiger partial charge in [0.05, 0.1) is 5.60 Å². The van der Waals surface area contributed by atoms with E-state index >= 15 is 0 Å². The molecule has 4 heteroatoms. The maximum Gasteiger partial charge on any atom is 0.0674 e. The van der Waals surface area contributed by atoms with Gasteiger partial charge in [-0.25, -0.2) is 0 Å². The minimum atomic E-state index is -0.771. The van der Waals surface area contributed by atoms with Gasteiger partial charge in [-0.15, -0.1) is 5.52 Å². The number of benzene rings is 1. The summed E-state index contributed by atoms with van der Waals surface area (Å²) < 4.78 is 0. The molecule has 2 unspecified atom stereocenters. The molecule has 1 radical (unpaired) electrons. The first kappa shape index (κ1) is 15.8. The second-order valence-electron chi connectivity index (χ2n) is 5.16. The molecule has 0 aliphatic carbocycles. The molecule has 3 nitrogen and oxygen atoms in total. The molecule has 2 aromatic rings. The van der Waals surface area contributed by atoms with E-state index in [1.165, 1.54) is 0 Å². The predicted molar refractivity (Wildman–Crippen MR) is 69.9 cm³/mol. The fourth-order valence-electron chi connectivity index (χ4n) is 2.39. The Morgan fingerprint density at radius 3 is 2.72 bits per heavy atom. The maximum atomic E-state index is 10.3. The van der Waals surface area contributed by atoms with Crippen LogP contribution in [0.5, 0.6) is 0 Å². The zero-order valence-electron chi connectivity index (χ0n) is 10.9. The Bertz CT molecular complexity index is 505. The van der Waals surface area contributed by atoms with E-state index in [2.05, 4.69) is 4.98 Å². The third-order valence-corrected chi connectivity index (χ3v) is 2.94. The van der Waals surface area contributed by atoms with E-state index in [0.717, 1.165) is 16.5 Å². The molecule has 2 atom stereocenters. The molecule has 1 aromatic heterocycles. The molecule has 0 fully saturated rings. The Labute approximate surface area is 133 Å². The van der Waals surface area contributed by atoms with Crippen molar-refractivity contribution in [3.05, 3.63) is 36.0 Å². The molecule has 0 saturated heterocycles. The molecule has 0 aliphatic rings. The van der Waals surface area contributed by atoms with E-state index < -0.39 is 5.60 Å². The minimum Gasteiger partial charge on any atom is -0.663 e. The van der Waals surface area contributed by atoms with Gasteiger partial charge in [0.2, 0.25) is 0 Å². The van der Waals surface area contributed by atoms with E-state index in [4.69, 9.17) is 5.73 Å². The van der Waals surface area contributed by atoms with Crippen LogP contribution in [0.4, 0.5) is 0 Å². The molecule has 0 bridgehead atoms. The van der Waals surface area contributed by atoms with Crippen molar-refractivity contribution >= 4 is 10.9 Å². The molecular formula is C14H19N2OY-. The summed E-state index contributed by atoms with van der Waals surface area (Å²) >= 11 is 0. The van der Waals surface area contributed by atoms with Gasteiger partial charge in [-0.3, -0.25) is 0 Å². The average molecular weight is 320 g/mol. The van der Waals surface area contributed by atoms with Gasteiger partial charge in [0.25, 0.3) is 0 Å². The summed E-state index contributed by atoms with van der Waals surface area (Å²) in [5.74, 6) is 0. The van der Waals surface area contributed by atoms with Crippen LogP contribution in [0.15, 0.2) is 30.5 Å². The zero-order valence-corrected chi connectivity index (χ0v) is 13.8. The van der Waals surface area contributed by atoms with E-state index in [9.17, 15) is 5.11 Å². The van der Waals surface area contributed by atoms with Crippen molar-refractivity contribution in [1.29, 1.82) is 0 Å². The Morgan fingerprint density at radius 2 is 2.06 bits per heavy atom. The van der Waals surface area contributed by atoms with Crippen molar-refractivity contribution < 1.29 is 37.8 Å². The molecule has 0 amide bonds. The standard InChI is InChI=1S/C14H19N2O.Y/c1-10(15)7-14(2,17)8-11-9-16-13-6-4-3-5-12(11)13;/h3-6,9-10,17H,7-8,15H2,1-2H3;/q-1;. The Kier molecular flexibility index (Phi) is 5.53. The van der Waals surface area contributed by atoms with Crippen LogP contribution in [0.2, 0.25) is 0 Å². The van der Waals surface area contributed by atoms with Crippen LogP contribution >= 0.6 is 0 Å². The van der Waals surface area contributed by atoms with E-state index in [-0.39, 0.29) is 38.8 Å². The first-order valence-corrected chi connectivity index (χ1v) is 5.95. The summed E-state index contributed by atoms with van der Waals surface area (Å²) in [6, 6.07) is 7.99. The summed E-state index contributed by atoms with van der Waals surface area (Å²) in [7, 11) is 0. The Balaban J connectivity index is 0.00000162. The number of fused-ring (bicyclic) bond motifs is 1. The van der Waals surface area contributed by atoms with Crippen LogP contribution in [-0.2, 0) is 39.1 Å². The van der Waals surface area contributed by atoms with Crippen LogP contribution < -0.4 is 10.7 Å². The maximum absolute atomic E-state index is 10.3. The predicted octanol–water partition coefficient (Wildman–Crippen LogP) is 1.83. The summed E-state index contributed by atoms with van der Waals surface area (Å²) in [6.45, 7) is 3.74. The van der Waals surface area contributed by atoms with Crippen molar-refractivity contribution in [2.45, 2.75) is 38.3 Å². The van der Waals surface area contributed by atoms with Gasteiger partial charge in [-0.05, 0) is 32.1 Å². The van der Waals surface area contributed by atoms with E-state index in [0.29, 0.717) is 12.8 Å². The second kappa shape index (κ2) is 6.29. The largest absolute Gasteiger partial charge is 0.663 e. The van der Waals surface area contributed by atoms with Gasteiger partial charge in [-0.2, -0.15) is 6.20 Å². The second-order valence-corrected chi connectivity index (χ2v) is 5.16. The molecule has 0 aliphatic heterocycles. The van der Waals surface area contributed by atoms with Crippen molar-refractivity contribution in [2.75, 3.05) is 0 Å². The van der Waals surface area contributed by atoms with Crippen LogP contribution in [0.25, 0.3) is 10.9 Å². The third kappa shape index (κ3) is 3.89. The number of nitrogens with two attached hydrogens (primary N) is 1. The first-order chi connectivity index (χ1) is 7.98. The first-order valence-electron chi connectivity index (χ1n) is 5.95. The topological polar surface area (TPSA) is 60.4 Å². The average Bonchev–Trinajstić information content (AvgIpc) is 2.59. The summed E-state index contributed by atoms with van der Waals surface area (Å²) in [4.78, 5) is 4.34. The number of rotatable bonds is 4. The van der Waals surface area contributed by atoms with Gasteiger partial charge >= 0.3 is 0 Å². The van der Waals surface area contributed by atoms with Gasteiger partial charge in [0.15, 0.2) is 0 Å². The summed E-state index contributed by atoms with van der Waals surface area (Å²) in [5.41, 5.74) is 7.05. The molecule has 18 heavy (non-hydrogen) atoms. The normalized spacial score (nSPS) is 16.0. The van der Waals surface area contributed by atoms with Crippen molar-refractivity contribution in [3.63, 3.8) is 0 Å². The number of aromatic nitrogens is 1. The number of nitrogens with zero attached hydrogens (tertiary/aromatic N) is 1. The zero-order chi connectivity index (χ0) is 12.5. The number of hydrogen-bond acceptors (Lipinski definition) is 2. The number of aliphatic hydroxyl groups is 1. The van der Waals surface area contributed by atoms with Crippen molar-refractivity contribution in [2.24, 2.45) is 5.73 Å². The van der Waals surface area contributed by atoms with Crippen LogP contribution in [0.1, 0.15) is 25.8 Å². The third-order valence-electron chi connectivity index (χ3n) is 2.94. The van der Waals surface area contributed by atoms with Gasteiger partial charge in [0.1, 0.15) is 0 Å². The van der Waals surface area contributed by atoms with Crippen LogP contribution in [0, 0.1) is 0 Å². The Morgan fingerprint density at radius 1 is 1.39 bits per heavy atom. The van der Waals surface area contributed by atoms with E-state index in [1.54, 1.807) is 0 Å². The fourth-order valence-corrected chi connectivity index (χ4v) is 2.39. The fraction of sp³-hybridized carbons (Fsp3) is 0.429. The minimum absolute atomic E-state index is 0. The van der Waals surface area contributed by atoms with Crippen molar-refractivity contribution in [1.82, 2.24) is 4.98 Å². The quantitative estimate of drug-likeness (QED) is 0.903. The molecule has 0 spiro atoms. The molecule has 3 N–H and O–H groups in total. The van der Waals surface area contributed by atoms with Gasteiger partial charge in [-0.1, -0.05) is 29.8 Å². The van der Waals surface area contributed by atoms with Crippen LogP contribution in [0.3, 0.4) is 0 Å². The van der Waals surface area contributed by atoms with Crippen molar-refractivity contribution in [3.8, 4) is 0 Å². The molecule has 1 heterocycles. The van der Waals surface area contributed by atoms with Crippen LogP contribution in [-0.4, -0.2) is 16.7 Å². The molecular weight excluding hydrogens is 301 g/mol.